The molecule has 1 fully saturated rings. The zero-order valence-electron chi connectivity index (χ0n) is 12.5. The van der Waals surface area contributed by atoms with Crippen molar-refractivity contribution in [2.75, 3.05) is 6.54 Å². The van der Waals surface area contributed by atoms with E-state index in [0.717, 1.165) is 30.6 Å². The van der Waals surface area contributed by atoms with Crippen molar-refractivity contribution in [3.63, 3.8) is 0 Å². The van der Waals surface area contributed by atoms with Gasteiger partial charge in [0.2, 0.25) is 5.89 Å². The van der Waals surface area contributed by atoms with E-state index in [-0.39, 0.29) is 6.04 Å². The van der Waals surface area contributed by atoms with Gasteiger partial charge in [-0.3, -0.25) is 0 Å². The third-order valence-electron chi connectivity index (χ3n) is 4.25. The fraction of sp³-hybridized carbons (Fsp3) is 0.867. The minimum absolute atomic E-state index is 0.159. The number of aromatic nitrogens is 2. The molecule has 1 heterocycles. The molecule has 2 rings (SSSR count). The Kier molecular flexibility index (Phi) is 5.37. The van der Waals surface area contributed by atoms with Crippen molar-refractivity contribution in [1.82, 2.24) is 15.5 Å². The van der Waals surface area contributed by atoms with Crippen molar-refractivity contribution in [3.05, 3.63) is 11.7 Å². The van der Waals surface area contributed by atoms with E-state index >= 15 is 0 Å². The Balaban J connectivity index is 1.96. The fourth-order valence-corrected chi connectivity index (χ4v) is 2.93. The van der Waals surface area contributed by atoms with Crippen LogP contribution in [0.1, 0.15) is 83.0 Å². The molecule has 1 aromatic heterocycles. The predicted octanol–water partition coefficient (Wildman–Crippen LogP) is 3.81. The summed E-state index contributed by atoms with van der Waals surface area (Å²) >= 11 is 0. The molecule has 1 aliphatic carbocycles. The average molecular weight is 265 g/mol. The third kappa shape index (κ3) is 3.78. The van der Waals surface area contributed by atoms with Crippen LogP contribution in [0.3, 0.4) is 0 Å². The second-order valence-electron chi connectivity index (χ2n) is 5.80. The maximum atomic E-state index is 5.42. The fourth-order valence-electron chi connectivity index (χ4n) is 2.93. The van der Waals surface area contributed by atoms with Crippen LogP contribution in [0.4, 0.5) is 0 Å². The van der Waals surface area contributed by atoms with Gasteiger partial charge in [0.15, 0.2) is 5.82 Å². The molecule has 3 unspecified atom stereocenters. The van der Waals surface area contributed by atoms with Crippen LogP contribution in [0.25, 0.3) is 0 Å². The lowest BCUT2D eigenvalue weighted by molar-refractivity contribution is 0.295. The highest BCUT2D eigenvalue weighted by atomic mass is 16.5. The predicted molar refractivity (Wildman–Crippen MR) is 76.0 cm³/mol. The van der Waals surface area contributed by atoms with Gasteiger partial charge >= 0.3 is 0 Å². The first-order chi connectivity index (χ1) is 9.24. The van der Waals surface area contributed by atoms with E-state index in [4.69, 9.17) is 4.52 Å². The summed E-state index contributed by atoms with van der Waals surface area (Å²) in [5.41, 5.74) is 0. The standard InChI is InChI=1S/C15H27N3O/c1-4-9-16-11(3)15-17-14(18-19-15)13-8-6-7-12(5-2)10-13/h11-13,16H,4-10H2,1-3H3. The van der Waals surface area contributed by atoms with Crippen LogP contribution in [0.15, 0.2) is 4.52 Å². The second-order valence-corrected chi connectivity index (χ2v) is 5.80. The maximum Gasteiger partial charge on any atom is 0.243 e. The van der Waals surface area contributed by atoms with Crippen LogP contribution in [0.2, 0.25) is 0 Å². The number of rotatable bonds is 6. The zero-order valence-corrected chi connectivity index (χ0v) is 12.5. The summed E-state index contributed by atoms with van der Waals surface area (Å²) in [5, 5.41) is 7.60. The Morgan fingerprint density at radius 1 is 1.37 bits per heavy atom. The lowest BCUT2D eigenvalue weighted by Gasteiger charge is -2.26. The topological polar surface area (TPSA) is 51.0 Å². The molecular weight excluding hydrogens is 238 g/mol. The SMILES string of the molecule is CCCNC(C)c1nc(C2CCCC(CC)C2)no1. The Morgan fingerprint density at radius 3 is 2.95 bits per heavy atom. The van der Waals surface area contributed by atoms with Crippen molar-refractivity contribution in [1.29, 1.82) is 0 Å². The number of hydrogen-bond donors (Lipinski definition) is 1. The summed E-state index contributed by atoms with van der Waals surface area (Å²) in [7, 11) is 0. The van der Waals surface area contributed by atoms with Crippen LogP contribution < -0.4 is 5.32 Å². The molecule has 0 spiro atoms. The molecule has 1 aromatic rings. The highest BCUT2D eigenvalue weighted by molar-refractivity contribution is 5.00. The van der Waals surface area contributed by atoms with Gasteiger partial charge in [0.05, 0.1) is 6.04 Å². The molecule has 1 aliphatic rings. The summed E-state index contributed by atoms with van der Waals surface area (Å²) in [6, 6.07) is 0.159. The summed E-state index contributed by atoms with van der Waals surface area (Å²) in [5.74, 6) is 3.02. The lowest BCUT2D eigenvalue weighted by atomic mass is 9.80. The van der Waals surface area contributed by atoms with E-state index in [0.29, 0.717) is 5.92 Å². The van der Waals surface area contributed by atoms with E-state index in [2.05, 4.69) is 36.2 Å². The molecule has 19 heavy (non-hydrogen) atoms. The van der Waals surface area contributed by atoms with Gasteiger partial charge in [-0.1, -0.05) is 38.3 Å². The molecule has 0 aromatic carbocycles. The molecule has 0 aliphatic heterocycles. The Morgan fingerprint density at radius 2 is 2.21 bits per heavy atom. The second kappa shape index (κ2) is 7.04. The lowest BCUT2D eigenvalue weighted by Crippen LogP contribution is -2.20. The summed E-state index contributed by atoms with van der Waals surface area (Å²) in [6.45, 7) is 7.51. The van der Waals surface area contributed by atoms with Crippen molar-refractivity contribution in [2.45, 2.75) is 71.3 Å². The molecule has 4 nitrogen and oxygen atoms in total. The third-order valence-corrected chi connectivity index (χ3v) is 4.25. The minimum Gasteiger partial charge on any atom is -0.338 e. The highest BCUT2D eigenvalue weighted by Crippen LogP contribution is 2.36. The molecule has 3 atom stereocenters. The van der Waals surface area contributed by atoms with Gasteiger partial charge < -0.3 is 9.84 Å². The molecule has 0 amide bonds. The summed E-state index contributed by atoms with van der Waals surface area (Å²) < 4.78 is 5.42. The monoisotopic (exact) mass is 265 g/mol. The van der Waals surface area contributed by atoms with Crippen LogP contribution >= 0.6 is 0 Å². The number of nitrogens with one attached hydrogen (secondary N) is 1. The molecule has 0 radical (unpaired) electrons. The van der Waals surface area contributed by atoms with Crippen LogP contribution in [-0.4, -0.2) is 16.7 Å². The molecule has 1 N–H and O–H groups in total. The average Bonchev–Trinajstić information content (AvgIpc) is 2.94. The van der Waals surface area contributed by atoms with Crippen molar-refractivity contribution < 1.29 is 4.52 Å². The number of nitrogens with zero attached hydrogens (tertiary/aromatic N) is 2. The molecule has 0 saturated heterocycles. The van der Waals surface area contributed by atoms with Gasteiger partial charge in [-0.05, 0) is 38.6 Å². The van der Waals surface area contributed by atoms with E-state index in [1.165, 1.54) is 32.1 Å². The van der Waals surface area contributed by atoms with Gasteiger partial charge in [0.25, 0.3) is 0 Å². The van der Waals surface area contributed by atoms with Crippen LogP contribution in [0.5, 0.6) is 0 Å². The first-order valence-corrected chi connectivity index (χ1v) is 7.81. The van der Waals surface area contributed by atoms with Gasteiger partial charge in [-0.25, -0.2) is 0 Å². The molecular formula is C15H27N3O. The van der Waals surface area contributed by atoms with Gasteiger partial charge in [0, 0.05) is 5.92 Å². The van der Waals surface area contributed by atoms with Crippen LogP contribution in [-0.2, 0) is 0 Å². The van der Waals surface area contributed by atoms with E-state index in [1.54, 1.807) is 0 Å². The Bertz CT molecular complexity index is 377. The first-order valence-electron chi connectivity index (χ1n) is 7.81. The summed E-state index contributed by atoms with van der Waals surface area (Å²) in [4.78, 5) is 4.62. The molecule has 0 bridgehead atoms. The van der Waals surface area contributed by atoms with Gasteiger partial charge in [-0.2, -0.15) is 4.98 Å². The zero-order chi connectivity index (χ0) is 13.7. The Hall–Kier alpha value is -0.900. The van der Waals surface area contributed by atoms with Crippen molar-refractivity contribution in [3.8, 4) is 0 Å². The highest BCUT2D eigenvalue weighted by Gasteiger charge is 2.26. The normalized spacial score (nSPS) is 25.4. The van der Waals surface area contributed by atoms with Gasteiger partial charge in [0.1, 0.15) is 0 Å². The molecule has 108 valence electrons. The smallest absolute Gasteiger partial charge is 0.243 e. The van der Waals surface area contributed by atoms with Crippen molar-refractivity contribution >= 4 is 0 Å². The maximum absolute atomic E-state index is 5.42. The van der Waals surface area contributed by atoms with Gasteiger partial charge in [-0.15, -0.1) is 0 Å². The largest absolute Gasteiger partial charge is 0.338 e. The number of hydrogen-bond acceptors (Lipinski definition) is 4. The van der Waals surface area contributed by atoms with Crippen LogP contribution in [0, 0.1) is 5.92 Å². The first kappa shape index (κ1) is 14.5. The summed E-state index contributed by atoms with van der Waals surface area (Å²) in [6.07, 6.45) is 7.50. The Labute approximate surface area is 116 Å². The minimum atomic E-state index is 0.159. The van der Waals surface area contributed by atoms with E-state index in [1.807, 2.05) is 0 Å². The molecule has 1 saturated carbocycles. The van der Waals surface area contributed by atoms with E-state index < -0.39 is 0 Å². The molecule has 4 heteroatoms. The van der Waals surface area contributed by atoms with E-state index in [9.17, 15) is 0 Å². The quantitative estimate of drug-likeness (QED) is 0.849. The van der Waals surface area contributed by atoms with Crippen molar-refractivity contribution in [2.24, 2.45) is 5.92 Å².